The van der Waals surface area contributed by atoms with Gasteiger partial charge in [-0.05, 0) is 24.7 Å². The Morgan fingerprint density at radius 1 is 0.500 bits per heavy atom. The molecule has 3 nitrogen and oxygen atoms in total. The van der Waals surface area contributed by atoms with Crippen molar-refractivity contribution in [1.29, 1.82) is 0 Å². The van der Waals surface area contributed by atoms with Gasteiger partial charge in [0.2, 0.25) is 0 Å². The predicted octanol–water partition coefficient (Wildman–Crippen LogP) is 12.3. The lowest BCUT2D eigenvalue weighted by Gasteiger charge is -2.15. The largest absolute Gasteiger partial charge is 0.481 e. The van der Waals surface area contributed by atoms with E-state index in [9.17, 15) is 4.79 Å². The minimum Gasteiger partial charge on any atom is -0.481 e. The second-order valence-corrected chi connectivity index (χ2v) is 12.8. The maximum absolute atomic E-state index is 10.0. The molecule has 0 saturated heterocycles. The van der Waals surface area contributed by atoms with E-state index in [4.69, 9.17) is 9.84 Å². The molecule has 1 N–H and O–H groups in total. The van der Waals surface area contributed by atoms with Crippen LogP contribution in [0.2, 0.25) is 0 Å². The lowest BCUT2D eigenvalue weighted by Crippen LogP contribution is -2.07. The van der Waals surface area contributed by atoms with Crippen molar-refractivity contribution in [3.8, 4) is 0 Å². The van der Waals surface area contributed by atoms with Crippen LogP contribution in [-0.2, 0) is 9.53 Å². The summed E-state index contributed by atoms with van der Waals surface area (Å²) >= 11 is 0. The predicted molar refractivity (Wildman–Crippen MR) is 169 cm³/mol. The normalized spacial score (nSPS) is 11.4. The van der Waals surface area contributed by atoms with E-state index in [0.717, 1.165) is 19.6 Å². The number of hydrogen-bond acceptors (Lipinski definition) is 2. The lowest BCUT2D eigenvalue weighted by atomic mass is 9.91. The number of carboxylic acid groups (broad SMARTS) is 1. The number of aliphatic carboxylic acids is 1. The Labute approximate surface area is 240 Å². The van der Waals surface area contributed by atoms with Gasteiger partial charge in [-0.1, -0.05) is 176 Å². The fraction of sp³-hybridized carbons (Fsp3) is 0.971. The molecule has 0 unspecified atom stereocenters. The molecule has 0 aromatic carbocycles. The fourth-order valence-electron chi connectivity index (χ4n) is 4.67. The van der Waals surface area contributed by atoms with Gasteiger partial charge in [-0.2, -0.15) is 0 Å². The molecule has 0 rings (SSSR count). The Kier molecular flexibility index (Phi) is 34.0. The lowest BCUT2D eigenvalue weighted by molar-refractivity contribution is -0.137. The van der Waals surface area contributed by atoms with Gasteiger partial charge in [-0.3, -0.25) is 4.79 Å². The summed E-state index contributed by atoms with van der Waals surface area (Å²) in [5.74, 6) is -0.704. The highest BCUT2D eigenvalue weighted by atomic mass is 16.5. The Balaban J connectivity index is 0. The highest BCUT2D eigenvalue weighted by Crippen LogP contribution is 2.20. The molecule has 0 aliphatic carbocycles. The van der Waals surface area contributed by atoms with Crippen LogP contribution in [0.3, 0.4) is 0 Å². The molecule has 0 atom stereocenters. The molecule has 0 aromatic heterocycles. The Bertz CT molecular complexity index is 415. The van der Waals surface area contributed by atoms with Gasteiger partial charge < -0.3 is 9.84 Å². The van der Waals surface area contributed by atoms with E-state index in [-0.39, 0.29) is 11.8 Å². The maximum atomic E-state index is 10.0. The number of rotatable bonds is 28. The van der Waals surface area contributed by atoms with Crippen molar-refractivity contribution in [1.82, 2.24) is 0 Å². The van der Waals surface area contributed by atoms with Gasteiger partial charge in [-0.15, -0.1) is 0 Å². The Morgan fingerprint density at radius 2 is 0.763 bits per heavy atom. The number of hydrogen-bond donors (Lipinski definition) is 1. The summed E-state index contributed by atoms with van der Waals surface area (Å²) in [6, 6.07) is 0. The van der Waals surface area contributed by atoms with Crippen molar-refractivity contribution in [3.05, 3.63) is 0 Å². The highest BCUT2D eigenvalue weighted by Gasteiger charge is 2.11. The number of unbranched alkanes of at least 4 members (excludes halogenated alkanes) is 22. The van der Waals surface area contributed by atoms with Gasteiger partial charge in [0, 0.05) is 19.6 Å². The van der Waals surface area contributed by atoms with Gasteiger partial charge >= 0.3 is 5.97 Å². The molecule has 0 bridgehead atoms. The first-order chi connectivity index (χ1) is 18.3. The summed E-state index contributed by atoms with van der Waals surface area (Å²) in [6.45, 7) is 12.7. The molecule has 0 aliphatic rings. The highest BCUT2D eigenvalue weighted by molar-refractivity contribution is 5.66. The van der Waals surface area contributed by atoms with Crippen LogP contribution < -0.4 is 0 Å². The van der Waals surface area contributed by atoms with Crippen molar-refractivity contribution in [3.63, 3.8) is 0 Å². The standard InChI is InChI=1S/C28H58O.C7H14O2/c1-3-5-7-9-11-13-15-17-19-21-23-25-27-29-28-26-24-22-20-18-16-14-12-10-8-6-4-2;1-7(2,3)5-4-6(8)9/h3-28H2,1-2H3;4-5H2,1-3H3,(H,8,9). The number of ether oxygens (including phenoxy) is 1. The summed E-state index contributed by atoms with van der Waals surface area (Å²) in [6.07, 6.45) is 35.1. The van der Waals surface area contributed by atoms with Crippen molar-refractivity contribution in [2.75, 3.05) is 13.2 Å². The van der Waals surface area contributed by atoms with Crippen LogP contribution in [0.4, 0.5) is 0 Å². The Morgan fingerprint density at radius 3 is 0.974 bits per heavy atom. The SMILES string of the molecule is CC(C)(C)CCC(=O)O.CCCCCCCCCCCCCCOCCCCCCCCCCCCCC. The molecule has 230 valence electrons. The third-order valence-electron chi connectivity index (χ3n) is 7.37. The van der Waals surface area contributed by atoms with Crippen LogP contribution in [0, 0.1) is 5.41 Å². The maximum Gasteiger partial charge on any atom is 0.303 e. The van der Waals surface area contributed by atoms with Gasteiger partial charge in [-0.25, -0.2) is 0 Å². The fourth-order valence-corrected chi connectivity index (χ4v) is 4.67. The monoisotopic (exact) mass is 541 g/mol. The van der Waals surface area contributed by atoms with Crippen LogP contribution in [0.1, 0.15) is 202 Å². The van der Waals surface area contributed by atoms with Crippen LogP contribution in [-0.4, -0.2) is 24.3 Å². The third-order valence-corrected chi connectivity index (χ3v) is 7.37. The topological polar surface area (TPSA) is 46.5 Å². The van der Waals surface area contributed by atoms with E-state index in [1.807, 2.05) is 20.8 Å². The zero-order chi connectivity index (χ0) is 28.6. The van der Waals surface area contributed by atoms with Crippen LogP contribution in [0.15, 0.2) is 0 Å². The molecule has 0 aliphatic heterocycles. The molecule has 0 heterocycles. The summed E-state index contributed by atoms with van der Waals surface area (Å²) in [5, 5.41) is 8.28. The van der Waals surface area contributed by atoms with Crippen molar-refractivity contribution >= 4 is 5.97 Å². The molecular formula is C35H72O3. The molecule has 0 amide bonds. The summed E-state index contributed by atoms with van der Waals surface area (Å²) < 4.78 is 5.82. The average molecular weight is 541 g/mol. The van der Waals surface area contributed by atoms with E-state index >= 15 is 0 Å². The molecule has 0 aromatic rings. The van der Waals surface area contributed by atoms with E-state index in [1.54, 1.807) is 0 Å². The van der Waals surface area contributed by atoms with Crippen molar-refractivity contribution in [2.24, 2.45) is 5.41 Å². The second kappa shape index (κ2) is 32.6. The molecule has 0 saturated carbocycles. The quantitative estimate of drug-likeness (QED) is 0.100. The minimum absolute atomic E-state index is 0.151. The molecule has 0 fully saturated rings. The van der Waals surface area contributed by atoms with E-state index in [1.165, 1.54) is 154 Å². The molecule has 3 heteroatoms. The molecule has 38 heavy (non-hydrogen) atoms. The van der Waals surface area contributed by atoms with Gasteiger partial charge in [0.05, 0.1) is 0 Å². The molecule has 0 radical (unpaired) electrons. The average Bonchev–Trinajstić information content (AvgIpc) is 2.87. The first-order valence-corrected chi connectivity index (χ1v) is 17.1. The molecule has 0 spiro atoms. The smallest absolute Gasteiger partial charge is 0.303 e. The van der Waals surface area contributed by atoms with Crippen molar-refractivity contribution in [2.45, 2.75) is 202 Å². The first kappa shape index (κ1) is 39.6. The van der Waals surface area contributed by atoms with Gasteiger partial charge in [0.15, 0.2) is 0 Å². The second-order valence-electron chi connectivity index (χ2n) is 12.8. The van der Waals surface area contributed by atoms with Crippen LogP contribution in [0.25, 0.3) is 0 Å². The zero-order valence-electron chi connectivity index (χ0n) is 27.1. The Hall–Kier alpha value is -0.570. The summed E-state index contributed by atoms with van der Waals surface area (Å²) in [4.78, 5) is 10.0. The van der Waals surface area contributed by atoms with Crippen LogP contribution >= 0.6 is 0 Å². The first-order valence-electron chi connectivity index (χ1n) is 17.1. The van der Waals surface area contributed by atoms with Gasteiger partial charge in [0.25, 0.3) is 0 Å². The summed E-state index contributed by atoms with van der Waals surface area (Å²) in [7, 11) is 0. The third kappa shape index (κ3) is 42.5. The van der Waals surface area contributed by atoms with Crippen molar-refractivity contribution < 1.29 is 14.6 Å². The summed E-state index contributed by atoms with van der Waals surface area (Å²) in [5.41, 5.74) is 0.151. The van der Waals surface area contributed by atoms with Crippen LogP contribution in [0.5, 0.6) is 0 Å². The zero-order valence-corrected chi connectivity index (χ0v) is 27.1. The number of carbonyl (C=O) groups is 1. The number of carboxylic acids is 1. The van der Waals surface area contributed by atoms with E-state index in [2.05, 4.69) is 13.8 Å². The van der Waals surface area contributed by atoms with E-state index in [0.29, 0.717) is 0 Å². The van der Waals surface area contributed by atoms with Gasteiger partial charge in [0.1, 0.15) is 0 Å². The molecular weight excluding hydrogens is 468 g/mol. The van der Waals surface area contributed by atoms with E-state index < -0.39 is 5.97 Å². The minimum atomic E-state index is -0.704.